The highest BCUT2D eigenvalue weighted by Gasteiger charge is 2.04. The summed E-state index contributed by atoms with van der Waals surface area (Å²) >= 11 is 3.52. The Morgan fingerprint density at radius 1 is 1.13 bits per heavy atom. The van der Waals surface area contributed by atoms with Gasteiger partial charge in [0.1, 0.15) is 0 Å². The van der Waals surface area contributed by atoms with Gasteiger partial charge < -0.3 is 15.5 Å². The van der Waals surface area contributed by atoms with Crippen molar-refractivity contribution in [2.75, 3.05) is 36.2 Å². The molecule has 0 aromatic heterocycles. The zero-order valence-corrected chi connectivity index (χ0v) is 15.3. The maximum atomic E-state index is 12.0. The lowest BCUT2D eigenvalue weighted by Gasteiger charge is -2.13. The zero-order valence-electron chi connectivity index (χ0n) is 13.7. The van der Waals surface area contributed by atoms with Crippen molar-refractivity contribution in [3.63, 3.8) is 0 Å². The van der Waals surface area contributed by atoms with Crippen molar-refractivity contribution in [3.8, 4) is 0 Å². The van der Waals surface area contributed by atoms with E-state index in [9.17, 15) is 4.79 Å². The van der Waals surface area contributed by atoms with E-state index in [0.29, 0.717) is 13.0 Å². The summed E-state index contributed by atoms with van der Waals surface area (Å²) in [6.07, 6.45) is 0.412. The molecule has 2 aromatic rings. The average Bonchev–Trinajstić information content (AvgIpc) is 2.50. The molecule has 0 aliphatic carbocycles. The molecule has 0 aliphatic heterocycles. The van der Waals surface area contributed by atoms with Crippen molar-refractivity contribution in [3.05, 3.63) is 52.5 Å². The fourth-order valence-electron chi connectivity index (χ4n) is 2.14. The number of hydrogen-bond acceptors (Lipinski definition) is 3. The number of carbonyl (C=O) groups is 1. The van der Waals surface area contributed by atoms with Crippen molar-refractivity contribution in [2.24, 2.45) is 0 Å². The van der Waals surface area contributed by atoms with E-state index in [1.54, 1.807) is 0 Å². The average molecular weight is 376 g/mol. The maximum Gasteiger partial charge on any atom is 0.226 e. The summed E-state index contributed by atoms with van der Waals surface area (Å²) in [4.78, 5) is 14.0. The van der Waals surface area contributed by atoms with E-state index in [0.717, 1.165) is 21.5 Å². The smallest absolute Gasteiger partial charge is 0.226 e. The van der Waals surface area contributed by atoms with E-state index in [4.69, 9.17) is 0 Å². The molecule has 122 valence electrons. The molecule has 2 aromatic carbocycles. The van der Waals surface area contributed by atoms with Crippen LogP contribution in [0.5, 0.6) is 0 Å². The number of anilines is 3. The summed E-state index contributed by atoms with van der Waals surface area (Å²) in [5.41, 5.74) is 4.12. The van der Waals surface area contributed by atoms with E-state index in [1.807, 2.05) is 62.3 Å². The quantitative estimate of drug-likeness (QED) is 0.792. The first-order valence-electron chi connectivity index (χ1n) is 7.53. The predicted molar refractivity (Wildman–Crippen MR) is 101 cm³/mol. The summed E-state index contributed by atoms with van der Waals surface area (Å²) in [5.74, 6) is -0.00154. The Morgan fingerprint density at radius 2 is 1.83 bits per heavy atom. The second kappa shape index (κ2) is 8.02. The van der Waals surface area contributed by atoms with Crippen molar-refractivity contribution in [1.29, 1.82) is 0 Å². The van der Waals surface area contributed by atoms with Crippen LogP contribution in [0, 0.1) is 6.92 Å². The number of rotatable bonds is 6. The first-order chi connectivity index (χ1) is 11.0. The molecule has 0 saturated carbocycles. The van der Waals surface area contributed by atoms with Gasteiger partial charge in [-0.25, -0.2) is 0 Å². The molecule has 0 heterocycles. The SMILES string of the molecule is Cc1ccc(NCCC(=O)Nc2ccc(N(C)C)cc2)c(Br)c1. The summed E-state index contributed by atoms with van der Waals surface area (Å²) in [6, 6.07) is 13.9. The van der Waals surface area contributed by atoms with E-state index >= 15 is 0 Å². The minimum Gasteiger partial charge on any atom is -0.384 e. The third-order valence-corrected chi connectivity index (χ3v) is 4.12. The van der Waals surface area contributed by atoms with E-state index in [2.05, 4.69) is 32.6 Å². The monoisotopic (exact) mass is 375 g/mol. The molecule has 23 heavy (non-hydrogen) atoms. The number of nitrogens with one attached hydrogen (secondary N) is 2. The van der Waals surface area contributed by atoms with Crippen molar-refractivity contribution < 1.29 is 4.79 Å². The number of halogens is 1. The molecule has 1 amide bonds. The van der Waals surface area contributed by atoms with Gasteiger partial charge in [-0.2, -0.15) is 0 Å². The molecule has 0 aliphatic rings. The lowest BCUT2D eigenvalue weighted by molar-refractivity contribution is -0.115. The van der Waals surface area contributed by atoms with Crippen LogP contribution in [0.25, 0.3) is 0 Å². The summed E-state index contributed by atoms with van der Waals surface area (Å²) in [6.45, 7) is 2.63. The standard InChI is InChI=1S/C18H22BrN3O/c1-13-4-9-17(16(19)12-13)20-11-10-18(23)21-14-5-7-15(8-6-14)22(2)3/h4-9,12,20H,10-11H2,1-3H3,(H,21,23). The third-order valence-electron chi connectivity index (χ3n) is 3.46. The molecular formula is C18H22BrN3O. The molecule has 0 spiro atoms. The summed E-state index contributed by atoms with van der Waals surface area (Å²) in [7, 11) is 3.98. The first kappa shape index (κ1) is 17.3. The summed E-state index contributed by atoms with van der Waals surface area (Å²) < 4.78 is 1.01. The Hall–Kier alpha value is -2.01. The van der Waals surface area contributed by atoms with Crippen molar-refractivity contribution in [2.45, 2.75) is 13.3 Å². The van der Waals surface area contributed by atoms with Gasteiger partial charge in [-0.05, 0) is 64.8 Å². The fraction of sp³-hybridized carbons (Fsp3) is 0.278. The second-order valence-electron chi connectivity index (χ2n) is 5.65. The number of hydrogen-bond donors (Lipinski definition) is 2. The van der Waals surface area contributed by atoms with E-state index < -0.39 is 0 Å². The van der Waals surface area contributed by atoms with E-state index in [-0.39, 0.29) is 5.91 Å². The lowest BCUT2D eigenvalue weighted by Crippen LogP contribution is -2.16. The second-order valence-corrected chi connectivity index (χ2v) is 6.50. The van der Waals surface area contributed by atoms with Crippen LogP contribution in [0.15, 0.2) is 46.9 Å². The maximum absolute atomic E-state index is 12.0. The Labute approximate surface area is 146 Å². The molecule has 4 nitrogen and oxygen atoms in total. The minimum absolute atomic E-state index is 0.00154. The zero-order chi connectivity index (χ0) is 16.8. The van der Waals surface area contributed by atoms with Crippen molar-refractivity contribution in [1.82, 2.24) is 0 Å². The van der Waals surface area contributed by atoms with Crippen molar-refractivity contribution >= 4 is 38.9 Å². The molecule has 2 N–H and O–H groups in total. The highest BCUT2D eigenvalue weighted by atomic mass is 79.9. The van der Waals surface area contributed by atoms with Crippen LogP contribution in [-0.4, -0.2) is 26.5 Å². The molecule has 2 rings (SSSR count). The van der Waals surface area contributed by atoms with Crippen LogP contribution in [-0.2, 0) is 4.79 Å². The van der Waals surface area contributed by atoms with Crippen LogP contribution in [0.4, 0.5) is 17.1 Å². The van der Waals surface area contributed by atoms with Crippen LogP contribution in [0.3, 0.4) is 0 Å². The van der Waals surface area contributed by atoms with Gasteiger partial charge in [-0.15, -0.1) is 0 Å². The van der Waals surface area contributed by atoms with Gasteiger partial charge in [-0.3, -0.25) is 4.79 Å². The number of benzene rings is 2. The molecule has 0 fully saturated rings. The summed E-state index contributed by atoms with van der Waals surface area (Å²) in [5, 5.41) is 6.18. The predicted octanol–water partition coefficient (Wildman–Crippen LogP) is 4.26. The van der Waals surface area contributed by atoms with Gasteiger partial charge in [0.2, 0.25) is 5.91 Å². The van der Waals surface area contributed by atoms with Gasteiger partial charge in [0.25, 0.3) is 0 Å². The largest absolute Gasteiger partial charge is 0.384 e. The number of amides is 1. The van der Waals surface area contributed by atoms with Gasteiger partial charge in [0.15, 0.2) is 0 Å². The fourth-order valence-corrected chi connectivity index (χ4v) is 2.77. The van der Waals surface area contributed by atoms with Crippen LogP contribution in [0.1, 0.15) is 12.0 Å². The van der Waals surface area contributed by atoms with Crippen LogP contribution in [0.2, 0.25) is 0 Å². The highest BCUT2D eigenvalue weighted by Crippen LogP contribution is 2.23. The third kappa shape index (κ3) is 5.28. The number of aryl methyl sites for hydroxylation is 1. The molecule has 0 unspecified atom stereocenters. The Bertz CT molecular complexity index is 668. The number of carbonyl (C=O) groups excluding carboxylic acids is 1. The molecule has 0 bridgehead atoms. The molecule has 0 saturated heterocycles. The Morgan fingerprint density at radius 3 is 2.43 bits per heavy atom. The molecule has 5 heteroatoms. The van der Waals surface area contributed by atoms with Crippen LogP contribution >= 0.6 is 15.9 Å². The molecule has 0 atom stereocenters. The van der Waals surface area contributed by atoms with E-state index in [1.165, 1.54) is 5.56 Å². The highest BCUT2D eigenvalue weighted by molar-refractivity contribution is 9.10. The van der Waals surface area contributed by atoms with Gasteiger partial charge >= 0.3 is 0 Å². The minimum atomic E-state index is -0.00154. The van der Waals surface area contributed by atoms with Crippen LogP contribution < -0.4 is 15.5 Å². The Balaban J connectivity index is 1.80. The topological polar surface area (TPSA) is 44.4 Å². The van der Waals surface area contributed by atoms with Gasteiger partial charge in [-0.1, -0.05) is 6.07 Å². The Kier molecular flexibility index (Phi) is 6.04. The number of nitrogens with zero attached hydrogens (tertiary/aromatic N) is 1. The molecule has 0 radical (unpaired) electrons. The lowest BCUT2D eigenvalue weighted by atomic mass is 10.2. The normalized spacial score (nSPS) is 10.3. The van der Waals surface area contributed by atoms with Gasteiger partial charge in [0, 0.05) is 48.6 Å². The van der Waals surface area contributed by atoms with Gasteiger partial charge in [0.05, 0.1) is 0 Å². The molecular weight excluding hydrogens is 354 g/mol. The first-order valence-corrected chi connectivity index (χ1v) is 8.32.